The van der Waals surface area contributed by atoms with Crippen LogP contribution < -0.4 is 9.47 Å². The second-order valence-corrected chi connectivity index (χ2v) is 8.72. The molecule has 0 saturated heterocycles. The highest BCUT2D eigenvalue weighted by Crippen LogP contribution is 2.35. The molecular weight excluding hydrogens is 511 g/mol. The molecular formula is C26H27ClF3N3O4. The predicted molar refractivity (Wildman–Crippen MR) is 133 cm³/mol. The number of hydrogen-bond donors (Lipinski definition) is 0. The molecule has 198 valence electrons. The number of nitrogens with zero attached hydrogens (tertiary/aromatic N) is 3. The number of Topliss-reactive ketones (excluding diaryl/α,β-unsaturated/α-hetero) is 1. The Morgan fingerprint density at radius 2 is 1.68 bits per heavy atom. The van der Waals surface area contributed by atoms with Gasteiger partial charge in [-0.25, -0.2) is 4.98 Å². The van der Waals surface area contributed by atoms with E-state index in [2.05, 4.69) is 19.7 Å². The van der Waals surface area contributed by atoms with Gasteiger partial charge in [0.1, 0.15) is 5.75 Å². The van der Waals surface area contributed by atoms with Gasteiger partial charge in [0.2, 0.25) is 5.60 Å². The van der Waals surface area contributed by atoms with Crippen molar-refractivity contribution in [2.45, 2.75) is 44.9 Å². The highest BCUT2D eigenvalue weighted by Gasteiger charge is 2.56. The van der Waals surface area contributed by atoms with Crippen molar-refractivity contribution in [1.82, 2.24) is 15.0 Å². The lowest BCUT2D eigenvalue weighted by Crippen LogP contribution is -2.51. The molecule has 11 heteroatoms. The number of halogens is 4. The molecule has 1 atom stereocenters. The zero-order valence-electron chi connectivity index (χ0n) is 20.9. The maximum absolute atomic E-state index is 13.3. The Morgan fingerprint density at radius 3 is 2.27 bits per heavy atom. The molecule has 0 bridgehead atoms. The summed E-state index contributed by atoms with van der Waals surface area (Å²) in [6, 6.07) is 12.1. The van der Waals surface area contributed by atoms with Crippen LogP contribution in [-0.2, 0) is 16.0 Å². The van der Waals surface area contributed by atoms with Crippen LogP contribution in [0, 0.1) is 0 Å². The van der Waals surface area contributed by atoms with E-state index in [1.807, 2.05) is 6.92 Å². The Kier molecular flexibility index (Phi) is 9.09. The number of aromatic nitrogens is 3. The lowest BCUT2D eigenvalue weighted by molar-refractivity contribution is -0.252. The van der Waals surface area contributed by atoms with Crippen molar-refractivity contribution < 1.29 is 32.2 Å². The number of ether oxygens (including phenoxy) is 3. The highest BCUT2D eigenvalue weighted by molar-refractivity contribution is 6.33. The predicted octanol–water partition coefficient (Wildman–Crippen LogP) is 6.13. The van der Waals surface area contributed by atoms with E-state index in [4.69, 9.17) is 21.1 Å². The average molecular weight is 538 g/mol. The summed E-state index contributed by atoms with van der Waals surface area (Å²) < 4.78 is 55.4. The van der Waals surface area contributed by atoms with E-state index < -0.39 is 17.6 Å². The molecule has 0 aliphatic carbocycles. The van der Waals surface area contributed by atoms with Gasteiger partial charge in [0.05, 0.1) is 18.7 Å². The van der Waals surface area contributed by atoms with Crippen molar-refractivity contribution in [3.8, 4) is 34.5 Å². The van der Waals surface area contributed by atoms with Crippen LogP contribution in [0.5, 0.6) is 11.8 Å². The number of carbonyl (C=O) groups is 1. The van der Waals surface area contributed by atoms with E-state index in [0.717, 1.165) is 20.5 Å². The van der Waals surface area contributed by atoms with E-state index in [1.54, 1.807) is 42.5 Å². The summed E-state index contributed by atoms with van der Waals surface area (Å²) in [6.45, 7) is 3.35. The molecule has 3 rings (SSSR count). The number of benzene rings is 2. The first-order chi connectivity index (χ1) is 17.5. The summed E-state index contributed by atoms with van der Waals surface area (Å²) in [5, 5.41) is 0.314. The molecule has 2 aromatic carbocycles. The third kappa shape index (κ3) is 6.56. The molecule has 0 aliphatic heterocycles. The summed E-state index contributed by atoms with van der Waals surface area (Å²) >= 11 is 6.42. The Morgan fingerprint density at radius 1 is 1.00 bits per heavy atom. The van der Waals surface area contributed by atoms with Gasteiger partial charge in [-0.2, -0.15) is 23.1 Å². The Balaban J connectivity index is 1.89. The molecule has 0 fully saturated rings. The monoisotopic (exact) mass is 537 g/mol. The summed E-state index contributed by atoms with van der Waals surface area (Å²) in [5.41, 5.74) is -1.20. The minimum Gasteiger partial charge on any atom is -0.494 e. The van der Waals surface area contributed by atoms with E-state index in [9.17, 15) is 18.0 Å². The first-order valence-electron chi connectivity index (χ1n) is 11.5. The molecule has 7 nitrogen and oxygen atoms in total. The molecule has 0 saturated carbocycles. The largest absolute Gasteiger partial charge is 0.494 e. The lowest BCUT2D eigenvalue weighted by Gasteiger charge is -2.28. The zero-order chi connectivity index (χ0) is 27.2. The minimum atomic E-state index is -4.83. The fraction of sp³-hybridized carbons (Fsp3) is 0.385. The van der Waals surface area contributed by atoms with Crippen LogP contribution in [-0.4, -0.2) is 53.3 Å². The standard InChI is InChI=1S/C26H27ClF3N3O4/c1-5-14-37-18-10-8-17(9-11-18)22-31-23(33-24(32-22)35-3)19-15-16(6-12-20(19)27)7-13-21(34)25(2,36-4)26(28,29)30/h6,8-12,15H,5,7,13-14H2,1-4H3/t25-/m1/s1. The number of alkyl halides is 3. The van der Waals surface area contributed by atoms with E-state index in [-0.39, 0.29) is 24.7 Å². The average Bonchev–Trinajstić information content (AvgIpc) is 2.90. The van der Waals surface area contributed by atoms with Gasteiger partial charge < -0.3 is 14.2 Å². The van der Waals surface area contributed by atoms with Crippen LogP contribution in [0.1, 0.15) is 32.3 Å². The Labute approximate surface area is 218 Å². The molecule has 3 aromatic rings. The maximum atomic E-state index is 13.3. The van der Waals surface area contributed by atoms with Crippen molar-refractivity contribution in [2.24, 2.45) is 0 Å². The lowest BCUT2D eigenvalue weighted by atomic mass is 9.94. The van der Waals surface area contributed by atoms with Crippen LogP contribution in [0.4, 0.5) is 13.2 Å². The molecule has 0 amide bonds. The number of ketones is 1. The molecule has 0 radical (unpaired) electrons. The maximum Gasteiger partial charge on any atom is 0.424 e. The first kappa shape index (κ1) is 28.3. The second kappa shape index (κ2) is 11.9. The summed E-state index contributed by atoms with van der Waals surface area (Å²) in [6.07, 6.45) is -4.30. The number of carbonyl (C=O) groups excluding carboxylic acids is 1. The molecule has 0 spiro atoms. The number of methoxy groups -OCH3 is 2. The van der Waals surface area contributed by atoms with E-state index in [1.165, 1.54) is 7.11 Å². The zero-order valence-corrected chi connectivity index (χ0v) is 21.6. The van der Waals surface area contributed by atoms with Crippen LogP contribution in [0.3, 0.4) is 0 Å². The number of rotatable bonds is 11. The van der Waals surface area contributed by atoms with E-state index in [0.29, 0.717) is 39.9 Å². The molecule has 1 heterocycles. The van der Waals surface area contributed by atoms with Crippen LogP contribution in [0.15, 0.2) is 42.5 Å². The van der Waals surface area contributed by atoms with Crippen molar-refractivity contribution in [2.75, 3.05) is 20.8 Å². The third-order valence-electron chi connectivity index (χ3n) is 5.78. The third-order valence-corrected chi connectivity index (χ3v) is 6.11. The second-order valence-electron chi connectivity index (χ2n) is 8.31. The Hall–Kier alpha value is -3.24. The topological polar surface area (TPSA) is 83.4 Å². The SMILES string of the molecule is CCCOc1ccc(-c2nc(OC)nc(-c3cc(CCC(=O)[C@@](C)(OC)C(F)(F)F)ccc3Cl)n2)cc1. The fourth-order valence-electron chi connectivity index (χ4n) is 3.40. The molecule has 0 aliphatic rings. The molecule has 37 heavy (non-hydrogen) atoms. The molecule has 0 N–H and O–H groups in total. The number of hydrogen-bond acceptors (Lipinski definition) is 7. The quantitative estimate of drug-likeness (QED) is 0.291. The van der Waals surface area contributed by atoms with Crippen LogP contribution >= 0.6 is 11.6 Å². The minimum absolute atomic E-state index is 0.0341. The number of aryl methyl sites for hydroxylation is 1. The smallest absolute Gasteiger partial charge is 0.424 e. The van der Waals surface area contributed by atoms with Gasteiger partial charge in [-0.15, -0.1) is 0 Å². The van der Waals surface area contributed by atoms with Crippen LogP contribution in [0.25, 0.3) is 22.8 Å². The molecule has 0 unspecified atom stereocenters. The van der Waals surface area contributed by atoms with Crippen molar-refractivity contribution in [3.05, 3.63) is 53.1 Å². The van der Waals surface area contributed by atoms with Crippen LogP contribution in [0.2, 0.25) is 5.02 Å². The highest BCUT2D eigenvalue weighted by atomic mass is 35.5. The van der Waals surface area contributed by atoms with Crippen molar-refractivity contribution in [1.29, 1.82) is 0 Å². The van der Waals surface area contributed by atoms with E-state index >= 15 is 0 Å². The normalized spacial score (nSPS) is 13.2. The van der Waals surface area contributed by atoms with Gasteiger partial charge in [-0.1, -0.05) is 24.6 Å². The summed E-state index contributed by atoms with van der Waals surface area (Å²) in [5.74, 6) is 0.187. The van der Waals surface area contributed by atoms with Gasteiger partial charge in [-0.05, 0) is 61.7 Å². The van der Waals surface area contributed by atoms with Gasteiger partial charge in [0.15, 0.2) is 17.4 Å². The van der Waals surface area contributed by atoms with Gasteiger partial charge >= 0.3 is 12.2 Å². The Bertz CT molecular complexity index is 1240. The summed E-state index contributed by atoms with van der Waals surface area (Å²) in [4.78, 5) is 25.5. The molecule has 1 aromatic heterocycles. The van der Waals surface area contributed by atoms with Gasteiger partial charge in [0.25, 0.3) is 0 Å². The fourth-order valence-corrected chi connectivity index (χ4v) is 3.60. The first-order valence-corrected chi connectivity index (χ1v) is 11.9. The van der Waals surface area contributed by atoms with Gasteiger partial charge in [0, 0.05) is 24.7 Å². The van der Waals surface area contributed by atoms with Crippen molar-refractivity contribution >= 4 is 17.4 Å². The summed E-state index contributed by atoms with van der Waals surface area (Å²) in [7, 11) is 2.28. The van der Waals surface area contributed by atoms with Crippen molar-refractivity contribution in [3.63, 3.8) is 0 Å². The van der Waals surface area contributed by atoms with Gasteiger partial charge in [-0.3, -0.25) is 4.79 Å².